The van der Waals surface area contributed by atoms with Crippen molar-refractivity contribution in [2.24, 2.45) is 5.92 Å². The van der Waals surface area contributed by atoms with Gasteiger partial charge >= 0.3 is 6.03 Å². The Morgan fingerprint density at radius 2 is 2.00 bits per heavy atom. The van der Waals surface area contributed by atoms with Crippen LogP contribution in [0.4, 0.5) is 9.18 Å². The number of nitrogens with one attached hydrogen (secondary N) is 1. The Labute approximate surface area is 190 Å². The van der Waals surface area contributed by atoms with Crippen molar-refractivity contribution < 1.29 is 23.2 Å². The maximum absolute atomic E-state index is 14.2. The monoisotopic (exact) mass is 461 g/mol. The van der Waals surface area contributed by atoms with Crippen molar-refractivity contribution in [3.05, 3.63) is 58.8 Å². The lowest BCUT2D eigenvalue weighted by Crippen LogP contribution is -2.56. The predicted octanol–water partition coefficient (Wildman–Crippen LogP) is 4.22. The van der Waals surface area contributed by atoms with Crippen LogP contribution in [-0.2, 0) is 11.3 Å². The SMILES string of the molecule is CCC[C@]1(C2CCN(C(=O)c3c(F)cccc3Cl)CC2)NC(=O)N(Cc2ccco2)C1=O. The van der Waals surface area contributed by atoms with Gasteiger partial charge in [-0.05, 0) is 49.4 Å². The Hall–Kier alpha value is -2.87. The summed E-state index contributed by atoms with van der Waals surface area (Å²) in [5, 5.41) is 3.03. The lowest BCUT2D eigenvalue weighted by atomic mass is 9.74. The van der Waals surface area contributed by atoms with Crippen LogP contribution >= 0.6 is 11.6 Å². The quantitative estimate of drug-likeness (QED) is 0.653. The van der Waals surface area contributed by atoms with Gasteiger partial charge in [-0.1, -0.05) is 31.0 Å². The Morgan fingerprint density at radius 3 is 2.62 bits per heavy atom. The average Bonchev–Trinajstić information content (AvgIpc) is 3.37. The molecule has 3 heterocycles. The molecule has 4 amide bonds. The third-order valence-electron chi connectivity index (χ3n) is 6.40. The van der Waals surface area contributed by atoms with Gasteiger partial charge in [0, 0.05) is 13.1 Å². The van der Waals surface area contributed by atoms with Gasteiger partial charge in [0.2, 0.25) is 0 Å². The molecule has 2 saturated heterocycles. The summed E-state index contributed by atoms with van der Waals surface area (Å²) in [7, 11) is 0. The van der Waals surface area contributed by atoms with Crippen LogP contribution in [0.3, 0.4) is 0 Å². The number of hydrogen-bond acceptors (Lipinski definition) is 4. The van der Waals surface area contributed by atoms with E-state index >= 15 is 0 Å². The molecule has 0 unspecified atom stereocenters. The normalized spacial score (nSPS) is 21.8. The van der Waals surface area contributed by atoms with Gasteiger partial charge in [0.1, 0.15) is 17.1 Å². The first kappa shape index (κ1) is 22.3. The van der Waals surface area contributed by atoms with E-state index in [1.54, 1.807) is 17.0 Å². The summed E-state index contributed by atoms with van der Waals surface area (Å²) in [6.07, 6.45) is 3.74. The van der Waals surface area contributed by atoms with Crippen molar-refractivity contribution >= 4 is 29.4 Å². The number of urea groups is 1. The second-order valence-corrected chi connectivity index (χ2v) is 8.69. The molecule has 7 nitrogen and oxygen atoms in total. The highest BCUT2D eigenvalue weighted by Gasteiger charge is 2.55. The minimum Gasteiger partial charge on any atom is -0.467 e. The van der Waals surface area contributed by atoms with E-state index in [1.807, 2.05) is 6.92 Å². The standard InChI is InChI=1S/C23H25ClFN3O4/c1-2-10-23(21(30)28(22(31)26-23)14-16-5-4-13-32-16)15-8-11-27(12-9-15)20(29)19-17(24)6-3-7-18(19)25/h3-7,13,15H,2,8-12,14H2,1H3,(H,26,31)/t23-/m1/s1. The van der Waals surface area contributed by atoms with Crippen LogP contribution in [-0.4, -0.2) is 46.3 Å². The van der Waals surface area contributed by atoms with Gasteiger partial charge in [0.05, 0.1) is 23.4 Å². The molecule has 1 atom stereocenters. The van der Waals surface area contributed by atoms with E-state index in [0.29, 0.717) is 44.5 Å². The van der Waals surface area contributed by atoms with Crippen molar-refractivity contribution in [3.8, 4) is 0 Å². The van der Waals surface area contributed by atoms with E-state index in [9.17, 15) is 18.8 Å². The number of halogens is 2. The van der Waals surface area contributed by atoms with Gasteiger partial charge in [-0.3, -0.25) is 14.5 Å². The first-order chi connectivity index (χ1) is 15.4. The van der Waals surface area contributed by atoms with Crippen molar-refractivity contribution in [2.45, 2.75) is 44.7 Å². The molecule has 2 aromatic rings. The van der Waals surface area contributed by atoms with Crippen molar-refractivity contribution in [1.82, 2.24) is 15.1 Å². The number of piperidine rings is 1. The molecule has 4 rings (SSSR count). The Bertz CT molecular complexity index is 1000. The van der Waals surface area contributed by atoms with Crippen LogP contribution in [0, 0.1) is 11.7 Å². The molecule has 1 N–H and O–H groups in total. The third kappa shape index (κ3) is 3.88. The van der Waals surface area contributed by atoms with Gasteiger partial charge in [0.25, 0.3) is 11.8 Å². The molecule has 0 saturated carbocycles. The van der Waals surface area contributed by atoms with E-state index in [1.165, 1.54) is 29.4 Å². The minimum absolute atomic E-state index is 0.0754. The van der Waals surface area contributed by atoms with Crippen LogP contribution in [0.15, 0.2) is 41.0 Å². The maximum Gasteiger partial charge on any atom is 0.325 e. The molecule has 1 aromatic carbocycles. The van der Waals surface area contributed by atoms with Gasteiger partial charge in [-0.25, -0.2) is 9.18 Å². The number of carbonyl (C=O) groups excluding carboxylic acids is 3. The molecule has 9 heteroatoms. The number of nitrogens with zero attached hydrogens (tertiary/aromatic N) is 2. The van der Waals surface area contributed by atoms with Crippen LogP contribution in [0.2, 0.25) is 5.02 Å². The van der Waals surface area contributed by atoms with Crippen LogP contribution < -0.4 is 5.32 Å². The number of likely N-dealkylation sites (tertiary alicyclic amines) is 1. The summed E-state index contributed by atoms with van der Waals surface area (Å²) >= 11 is 6.06. The topological polar surface area (TPSA) is 82.9 Å². The van der Waals surface area contributed by atoms with E-state index in [-0.39, 0.29) is 29.0 Å². The number of hydrogen-bond donors (Lipinski definition) is 1. The van der Waals surface area contributed by atoms with Gasteiger partial charge in [-0.2, -0.15) is 0 Å². The van der Waals surface area contributed by atoms with Crippen LogP contribution in [0.5, 0.6) is 0 Å². The molecule has 0 radical (unpaired) electrons. The number of imide groups is 1. The van der Waals surface area contributed by atoms with Gasteiger partial charge in [-0.15, -0.1) is 0 Å². The molecule has 0 bridgehead atoms. The van der Waals surface area contributed by atoms with E-state index in [0.717, 1.165) is 0 Å². The molecule has 2 aliphatic heterocycles. The fourth-order valence-corrected chi connectivity index (χ4v) is 5.07. The first-order valence-electron chi connectivity index (χ1n) is 10.8. The van der Waals surface area contributed by atoms with Crippen LogP contribution in [0.1, 0.15) is 48.7 Å². The molecule has 0 aliphatic carbocycles. The summed E-state index contributed by atoms with van der Waals surface area (Å²) in [5.74, 6) is -0.984. The highest BCUT2D eigenvalue weighted by atomic mass is 35.5. The Balaban J connectivity index is 1.50. The van der Waals surface area contributed by atoms with E-state index in [2.05, 4.69) is 5.32 Å². The lowest BCUT2D eigenvalue weighted by Gasteiger charge is -2.41. The average molecular weight is 462 g/mol. The number of carbonyl (C=O) groups is 3. The Kier molecular flexibility index (Phi) is 6.24. The minimum atomic E-state index is -1.01. The largest absolute Gasteiger partial charge is 0.467 e. The zero-order chi connectivity index (χ0) is 22.9. The van der Waals surface area contributed by atoms with Crippen LogP contribution in [0.25, 0.3) is 0 Å². The zero-order valence-corrected chi connectivity index (χ0v) is 18.5. The van der Waals surface area contributed by atoms with Gasteiger partial charge < -0.3 is 14.6 Å². The van der Waals surface area contributed by atoms with Crippen molar-refractivity contribution in [1.29, 1.82) is 0 Å². The predicted molar refractivity (Wildman–Crippen MR) is 115 cm³/mol. The fraction of sp³-hybridized carbons (Fsp3) is 0.435. The second-order valence-electron chi connectivity index (χ2n) is 8.29. The second kappa shape index (κ2) is 8.94. The molecule has 2 aliphatic rings. The highest BCUT2D eigenvalue weighted by Crippen LogP contribution is 2.38. The molecule has 1 aromatic heterocycles. The summed E-state index contributed by atoms with van der Waals surface area (Å²) in [4.78, 5) is 41.8. The summed E-state index contributed by atoms with van der Waals surface area (Å²) < 4.78 is 19.5. The van der Waals surface area contributed by atoms with E-state index in [4.69, 9.17) is 16.0 Å². The highest BCUT2D eigenvalue weighted by molar-refractivity contribution is 6.33. The molecular formula is C23H25ClFN3O4. The molecule has 170 valence electrons. The fourth-order valence-electron chi connectivity index (χ4n) is 4.83. The number of amides is 4. The summed E-state index contributed by atoms with van der Waals surface area (Å²) in [5.41, 5.74) is -1.14. The molecule has 2 fully saturated rings. The molecule has 0 spiro atoms. The number of rotatable bonds is 6. The number of furan rings is 1. The summed E-state index contributed by atoms with van der Waals surface area (Å²) in [6.45, 7) is 2.74. The molecular weight excluding hydrogens is 437 g/mol. The van der Waals surface area contributed by atoms with Crippen molar-refractivity contribution in [3.63, 3.8) is 0 Å². The third-order valence-corrected chi connectivity index (χ3v) is 6.71. The van der Waals surface area contributed by atoms with Gasteiger partial charge in [0.15, 0.2) is 0 Å². The zero-order valence-electron chi connectivity index (χ0n) is 17.8. The maximum atomic E-state index is 14.2. The molecule has 32 heavy (non-hydrogen) atoms. The Morgan fingerprint density at radius 1 is 1.25 bits per heavy atom. The van der Waals surface area contributed by atoms with Crippen molar-refractivity contribution in [2.75, 3.05) is 13.1 Å². The first-order valence-corrected chi connectivity index (χ1v) is 11.1. The summed E-state index contributed by atoms with van der Waals surface area (Å²) in [6, 6.07) is 7.15. The van der Waals surface area contributed by atoms with E-state index < -0.39 is 23.3 Å². The smallest absolute Gasteiger partial charge is 0.325 e. The number of benzene rings is 1. The lowest BCUT2D eigenvalue weighted by molar-refractivity contribution is -0.134.